The van der Waals surface area contributed by atoms with E-state index in [0.29, 0.717) is 13.0 Å². The van der Waals surface area contributed by atoms with Gasteiger partial charge in [0.05, 0.1) is 0 Å². The smallest absolute Gasteiger partial charge is 0.222 e. The molecule has 0 unspecified atom stereocenters. The lowest BCUT2D eigenvalue weighted by Crippen LogP contribution is -2.49. The molecular formula is C14H20N2O. The van der Waals surface area contributed by atoms with Crippen LogP contribution >= 0.6 is 0 Å². The molecule has 3 heteroatoms. The molecule has 1 aromatic carbocycles. The molecule has 1 aromatic rings. The average molecular weight is 232 g/mol. The molecule has 2 rings (SSSR count). The molecule has 3 N–H and O–H groups in total. The average Bonchev–Trinajstić information content (AvgIpc) is 2.26. The molecule has 0 heterocycles. The van der Waals surface area contributed by atoms with Crippen molar-refractivity contribution in [1.82, 2.24) is 5.32 Å². The van der Waals surface area contributed by atoms with Crippen LogP contribution in [0.2, 0.25) is 0 Å². The van der Waals surface area contributed by atoms with Gasteiger partial charge in [-0.2, -0.15) is 0 Å². The molecule has 0 bridgehead atoms. The Hall–Kier alpha value is -1.35. The van der Waals surface area contributed by atoms with Crippen molar-refractivity contribution in [3.05, 3.63) is 35.4 Å². The minimum absolute atomic E-state index is 0.0652. The predicted octanol–water partition coefficient (Wildman–Crippen LogP) is 1.88. The highest BCUT2D eigenvalue weighted by molar-refractivity contribution is 5.77. The molecule has 0 spiro atoms. The van der Waals surface area contributed by atoms with Crippen LogP contribution in [-0.2, 0) is 11.3 Å². The van der Waals surface area contributed by atoms with E-state index in [1.54, 1.807) is 0 Å². The fourth-order valence-electron chi connectivity index (χ4n) is 2.19. The molecule has 0 aromatic heterocycles. The van der Waals surface area contributed by atoms with Crippen LogP contribution in [-0.4, -0.2) is 11.4 Å². The fourth-order valence-corrected chi connectivity index (χ4v) is 2.19. The van der Waals surface area contributed by atoms with Crippen molar-refractivity contribution in [3.63, 3.8) is 0 Å². The summed E-state index contributed by atoms with van der Waals surface area (Å²) in [7, 11) is 0. The topological polar surface area (TPSA) is 55.1 Å². The van der Waals surface area contributed by atoms with Gasteiger partial charge in [0.15, 0.2) is 0 Å². The lowest BCUT2D eigenvalue weighted by atomic mass is 9.75. The molecule has 1 aliphatic carbocycles. The zero-order valence-corrected chi connectivity index (χ0v) is 10.3. The van der Waals surface area contributed by atoms with E-state index < -0.39 is 0 Å². The summed E-state index contributed by atoms with van der Waals surface area (Å²) in [5.74, 6) is 0.0652. The zero-order valence-electron chi connectivity index (χ0n) is 10.3. The first kappa shape index (κ1) is 12.1. The molecular weight excluding hydrogens is 212 g/mol. The third-order valence-corrected chi connectivity index (χ3v) is 3.60. The number of carbonyl (C=O) groups is 1. The summed E-state index contributed by atoms with van der Waals surface area (Å²) in [6, 6.07) is 8.09. The number of hydrogen-bond acceptors (Lipinski definition) is 2. The Labute approximate surface area is 102 Å². The highest BCUT2D eigenvalue weighted by atomic mass is 16.1. The van der Waals surface area contributed by atoms with Crippen molar-refractivity contribution < 1.29 is 4.79 Å². The van der Waals surface area contributed by atoms with Gasteiger partial charge in [0.2, 0.25) is 5.91 Å². The molecule has 17 heavy (non-hydrogen) atoms. The summed E-state index contributed by atoms with van der Waals surface area (Å²) < 4.78 is 0. The summed E-state index contributed by atoms with van der Waals surface area (Å²) in [6.07, 6.45) is 3.57. The third-order valence-electron chi connectivity index (χ3n) is 3.60. The Morgan fingerprint density at radius 3 is 2.71 bits per heavy atom. The number of rotatable bonds is 4. The summed E-state index contributed by atoms with van der Waals surface area (Å²) in [5, 5.41) is 2.95. The first-order chi connectivity index (χ1) is 8.09. The first-order valence-electron chi connectivity index (χ1n) is 6.19. The summed E-state index contributed by atoms with van der Waals surface area (Å²) in [4.78, 5) is 11.7. The molecule has 0 atom stereocenters. The quantitative estimate of drug-likeness (QED) is 0.832. The highest BCUT2D eigenvalue weighted by Gasteiger charge is 2.34. The van der Waals surface area contributed by atoms with Gasteiger partial charge >= 0.3 is 0 Å². The van der Waals surface area contributed by atoms with Gasteiger partial charge in [-0.1, -0.05) is 24.3 Å². The molecule has 1 saturated carbocycles. The Bertz CT molecular complexity index is 410. The number of carbonyl (C=O) groups excluding carboxylic acids is 1. The maximum atomic E-state index is 11.7. The van der Waals surface area contributed by atoms with Gasteiger partial charge in [0, 0.05) is 18.5 Å². The van der Waals surface area contributed by atoms with Crippen LogP contribution in [0.3, 0.4) is 0 Å². The Kier molecular flexibility index (Phi) is 3.48. The molecule has 1 aliphatic rings. The number of nitrogens with one attached hydrogen (secondary N) is 1. The maximum Gasteiger partial charge on any atom is 0.222 e. The standard InChI is InChI=1S/C14H20N2O/c1-11-5-2-3-6-12(11)10-16-13(17)9-14(15)7-4-8-14/h2-3,5-6H,4,7-10,15H2,1H3,(H,16,17). The lowest BCUT2D eigenvalue weighted by molar-refractivity contribution is -0.123. The van der Waals surface area contributed by atoms with Gasteiger partial charge in [-0.25, -0.2) is 0 Å². The summed E-state index contributed by atoms with van der Waals surface area (Å²) in [6.45, 7) is 2.65. The van der Waals surface area contributed by atoms with Crippen LogP contribution in [0, 0.1) is 6.92 Å². The Morgan fingerprint density at radius 2 is 2.12 bits per heavy atom. The molecule has 0 radical (unpaired) electrons. The summed E-state index contributed by atoms with van der Waals surface area (Å²) in [5.41, 5.74) is 8.19. The molecule has 0 aliphatic heterocycles. The van der Waals surface area contributed by atoms with Crippen LogP contribution in [0.1, 0.15) is 36.8 Å². The van der Waals surface area contributed by atoms with Gasteiger partial charge in [0.1, 0.15) is 0 Å². The minimum atomic E-state index is -0.226. The largest absolute Gasteiger partial charge is 0.352 e. The van der Waals surface area contributed by atoms with Crippen molar-refractivity contribution in [3.8, 4) is 0 Å². The van der Waals surface area contributed by atoms with Gasteiger partial charge in [-0.3, -0.25) is 4.79 Å². The van der Waals surface area contributed by atoms with Gasteiger partial charge in [0.25, 0.3) is 0 Å². The van der Waals surface area contributed by atoms with Gasteiger partial charge in [-0.05, 0) is 37.3 Å². The van der Waals surface area contributed by atoms with Crippen LogP contribution < -0.4 is 11.1 Å². The molecule has 92 valence electrons. The Morgan fingerprint density at radius 1 is 1.41 bits per heavy atom. The van der Waals surface area contributed by atoms with E-state index in [1.165, 1.54) is 11.1 Å². The van der Waals surface area contributed by atoms with E-state index in [9.17, 15) is 4.79 Å². The van der Waals surface area contributed by atoms with E-state index >= 15 is 0 Å². The molecule has 1 fully saturated rings. The minimum Gasteiger partial charge on any atom is -0.352 e. The monoisotopic (exact) mass is 232 g/mol. The number of amides is 1. The van der Waals surface area contributed by atoms with Crippen molar-refractivity contribution in [1.29, 1.82) is 0 Å². The second-order valence-electron chi connectivity index (χ2n) is 5.10. The second-order valence-corrected chi connectivity index (χ2v) is 5.10. The van der Waals surface area contributed by atoms with Crippen molar-refractivity contribution in [2.45, 2.75) is 44.7 Å². The number of hydrogen-bond donors (Lipinski definition) is 2. The van der Waals surface area contributed by atoms with Crippen LogP contribution in [0.25, 0.3) is 0 Å². The van der Waals surface area contributed by atoms with Crippen molar-refractivity contribution in [2.75, 3.05) is 0 Å². The van der Waals surface area contributed by atoms with E-state index in [0.717, 1.165) is 19.3 Å². The van der Waals surface area contributed by atoms with Crippen LogP contribution in [0.15, 0.2) is 24.3 Å². The predicted molar refractivity (Wildman–Crippen MR) is 68.4 cm³/mol. The van der Waals surface area contributed by atoms with E-state index in [4.69, 9.17) is 5.73 Å². The Balaban J connectivity index is 1.82. The molecule has 3 nitrogen and oxygen atoms in total. The summed E-state index contributed by atoms with van der Waals surface area (Å²) >= 11 is 0. The van der Waals surface area contributed by atoms with Crippen LogP contribution in [0.5, 0.6) is 0 Å². The lowest BCUT2D eigenvalue weighted by Gasteiger charge is -2.37. The molecule has 0 saturated heterocycles. The van der Waals surface area contributed by atoms with E-state index in [1.807, 2.05) is 18.2 Å². The van der Waals surface area contributed by atoms with E-state index in [-0.39, 0.29) is 11.4 Å². The fraction of sp³-hybridized carbons (Fsp3) is 0.500. The second kappa shape index (κ2) is 4.88. The maximum absolute atomic E-state index is 11.7. The SMILES string of the molecule is Cc1ccccc1CNC(=O)CC1(N)CCC1. The number of nitrogens with two attached hydrogens (primary N) is 1. The normalized spacial score (nSPS) is 17.3. The van der Waals surface area contributed by atoms with Gasteiger partial charge < -0.3 is 11.1 Å². The third kappa shape index (κ3) is 3.07. The van der Waals surface area contributed by atoms with Crippen molar-refractivity contribution >= 4 is 5.91 Å². The number of aryl methyl sites for hydroxylation is 1. The highest BCUT2D eigenvalue weighted by Crippen LogP contribution is 2.31. The van der Waals surface area contributed by atoms with Crippen molar-refractivity contribution in [2.24, 2.45) is 5.73 Å². The van der Waals surface area contributed by atoms with E-state index in [2.05, 4.69) is 18.3 Å². The first-order valence-corrected chi connectivity index (χ1v) is 6.19. The van der Waals surface area contributed by atoms with Gasteiger partial charge in [-0.15, -0.1) is 0 Å². The number of benzene rings is 1. The van der Waals surface area contributed by atoms with Crippen LogP contribution in [0.4, 0.5) is 0 Å². The molecule has 1 amide bonds. The zero-order chi connectivity index (χ0) is 12.3.